The van der Waals surface area contributed by atoms with Crippen LogP contribution in [-0.4, -0.2) is 44.7 Å². The normalized spacial score (nSPS) is 14.9. The zero-order chi connectivity index (χ0) is 24.0. The Labute approximate surface area is 195 Å². The fourth-order valence-corrected chi connectivity index (χ4v) is 5.42. The second-order valence-corrected chi connectivity index (χ2v) is 9.98. The quantitative estimate of drug-likeness (QED) is 0.628. The lowest BCUT2D eigenvalue weighted by molar-refractivity contribution is -0.115. The molecule has 0 aliphatic carbocycles. The Hall–Kier alpha value is -2.91. The molecule has 33 heavy (non-hydrogen) atoms. The number of hydrogen-bond acceptors (Lipinski definition) is 5. The van der Waals surface area contributed by atoms with E-state index in [2.05, 4.69) is 10.6 Å². The molecule has 0 radical (unpaired) electrons. The molecule has 2 amide bonds. The maximum Gasteiger partial charge on any atom is 0.255 e. The minimum Gasteiger partial charge on any atom is -0.495 e. The molecule has 1 heterocycles. The number of ether oxygens (including phenoxy) is 1. The molecule has 2 N–H and O–H groups in total. The Bertz CT molecular complexity index is 1120. The molecule has 0 aromatic heterocycles. The number of hydrogen-bond donors (Lipinski definition) is 2. The van der Waals surface area contributed by atoms with Gasteiger partial charge in [0.05, 0.1) is 7.11 Å². The number of nitrogens with one attached hydrogen (secondary N) is 2. The number of rotatable bonds is 7. The Morgan fingerprint density at radius 2 is 1.70 bits per heavy atom. The molecule has 178 valence electrons. The van der Waals surface area contributed by atoms with Gasteiger partial charge in [-0.25, -0.2) is 8.42 Å². The molecule has 3 rings (SSSR count). The molecule has 9 heteroatoms. The summed E-state index contributed by atoms with van der Waals surface area (Å²) < 4.78 is 33.5. The SMILES string of the molecule is CCC(=O)Nc1ccc(C)c(NC(=O)c2ccc(OC)c(S(=O)(=O)N3CCCCCC3)c2)c1. The Morgan fingerprint density at radius 1 is 1.00 bits per heavy atom. The molecular weight excluding hydrogens is 442 g/mol. The van der Waals surface area contributed by atoms with Gasteiger partial charge < -0.3 is 15.4 Å². The minimum absolute atomic E-state index is 0.0137. The van der Waals surface area contributed by atoms with Crippen LogP contribution in [0, 0.1) is 6.92 Å². The first-order valence-corrected chi connectivity index (χ1v) is 12.6. The van der Waals surface area contributed by atoms with Gasteiger partial charge >= 0.3 is 0 Å². The van der Waals surface area contributed by atoms with Crippen LogP contribution < -0.4 is 15.4 Å². The number of benzene rings is 2. The minimum atomic E-state index is -3.81. The van der Waals surface area contributed by atoms with E-state index in [1.807, 2.05) is 6.92 Å². The smallest absolute Gasteiger partial charge is 0.255 e. The van der Waals surface area contributed by atoms with Gasteiger partial charge in [-0.05, 0) is 55.7 Å². The fraction of sp³-hybridized carbons (Fsp3) is 0.417. The van der Waals surface area contributed by atoms with Crippen molar-refractivity contribution >= 4 is 33.2 Å². The van der Waals surface area contributed by atoms with Crippen molar-refractivity contribution in [1.29, 1.82) is 0 Å². The number of amides is 2. The molecule has 1 aliphatic heterocycles. The van der Waals surface area contributed by atoms with E-state index in [0.717, 1.165) is 31.2 Å². The zero-order valence-electron chi connectivity index (χ0n) is 19.3. The topological polar surface area (TPSA) is 105 Å². The fourth-order valence-electron chi connectivity index (χ4n) is 3.72. The van der Waals surface area contributed by atoms with Gasteiger partial charge in [0, 0.05) is 36.4 Å². The highest BCUT2D eigenvalue weighted by Crippen LogP contribution is 2.30. The first kappa shape index (κ1) is 24.7. The number of aryl methyl sites for hydroxylation is 1. The molecule has 0 unspecified atom stereocenters. The summed E-state index contributed by atoms with van der Waals surface area (Å²) in [5, 5.41) is 5.59. The summed E-state index contributed by atoms with van der Waals surface area (Å²) in [6.07, 6.45) is 3.97. The van der Waals surface area contributed by atoms with E-state index in [1.165, 1.54) is 29.6 Å². The molecule has 1 fully saturated rings. The summed E-state index contributed by atoms with van der Waals surface area (Å²) in [7, 11) is -2.39. The molecule has 1 aliphatic rings. The van der Waals surface area contributed by atoms with Crippen molar-refractivity contribution in [2.75, 3.05) is 30.8 Å². The number of carbonyl (C=O) groups is 2. The number of sulfonamides is 1. The number of methoxy groups -OCH3 is 1. The van der Waals surface area contributed by atoms with Crippen LogP contribution in [0.1, 0.15) is 54.9 Å². The Kier molecular flexibility index (Phi) is 8.10. The number of nitrogens with zero attached hydrogens (tertiary/aromatic N) is 1. The third-order valence-electron chi connectivity index (χ3n) is 5.70. The second kappa shape index (κ2) is 10.8. The van der Waals surface area contributed by atoms with Gasteiger partial charge in [-0.3, -0.25) is 9.59 Å². The van der Waals surface area contributed by atoms with Gasteiger partial charge in [-0.15, -0.1) is 0 Å². The van der Waals surface area contributed by atoms with Gasteiger partial charge in [-0.1, -0.05) is 25.8 Å². The Balaban J connectivity index is 1.89. The van der Waals surface area contributed by atoms with Crippen molar-refractivity contribution in [3.05, 3.63) is 47.5 Å². The average Bonchev–Trinajstić information content (AvgIpc) is 3.11. The first-order valence-electron chi connectivity index (χ1n) is 11.2. The number of anilines is 2. The predicted octanol–water partition coefficient (Wildman–Crippen LogP) is 4.17. The summed E-state index contributed by atoms with van der Waals surface area (Å²) in [6.45, 7) is 4.51. The van der Waals surface area contributed by atoms with Crippen LogP contribution in [0.3, 0.4) is 0 Å². The molecule has 2 aromatic carbocycles. The van der Waals surface area contributed by atoms with Crippen molar-refractivity contribution < 1.29 is 22.7 Å². The van der Waals surface area contributed by atoms with Crippen molar-refractivity contribution in [3.8, 4) is 5.75 Å². The van der Waals surface area contributed by atoms with Crippen LogP contribution in [0.25, 0.3) is 0 Å². The van der Waals surface area contributed by atoms with E-state index in [1.54, 1.807) is 25.1 Å². The lowest BCUT2D eigenvalue weighted by atomic mass is 10.1. The van der Waals surface area contributed by atoms with Crippen molar-refractivity contribution in [2.24, 2.45) is 0 Å². The molecule has 0 spiro atoms. The maximum atomic E-state index is 13.4. The van der Waals surface area contributed by atoms with Crippen LogP contribution in [0.5, 0.6) is 5.75 Å². The van der Waals surface area contributed by atoms with E-state index in [0.29, 0.717) is 30.9 Å². The van der Waals surface area contributed by atoms with E-state index in [4.69, 9.17) is 4.74 Å². The van der Waals surface area contributed by atoms with E-state index < -0.39 is 15.9 Å². The van der Waals surface area contributed by atoms with Crippen molar-refractivity contribution in [2.45, 2.75) is 50.8 Å². The molecule has 2 aromatic rings. The predicted molar refractivity (Wildman–Crippen MR) is 128 cm³/mol. The highest BCUT2D eigenvalue weighted by atomic mass is 32.2. The molecular formula is C24H31N3O5S. The van der Waals surface area contributed by atoms with Crippen LogP contribution in [0.15, 0.2) is 41.3 Å². The summed E-state index contributed by atoms with van der Waals surface area (Å²) >= 11 is 0. The first-order chi connectivity index (χ1) is 15.8. The summed E-state index contributed by atoms with van der Waals surface area (Å²) in [6, 6.07) is 9.64. The highest BCUT2D eigenvalue weighted by Gasteiger charge is 2.29. The molecule has 8 nitrogen and oxygen atoms in total. The van der Waals surface area contributed by atoms with Crippen LogP contribution in [0.4, 0.5) is 11.4 Å². The van der Waals surface area contributed by atoms with E-state index >= 15 is 0 Å². The van der Waals surface area contributed by atoms with Crippen molar-refractivity contribution in [1.82, 2.24) is 4.31 Å². The van der Waals surface area contributed by atoms with Gasteiger partial charge in [0.2, 0.25) is 15.9 Å². The summed E-state index contributed by atoms with van der Waals surface area (Å²) in [5.41, 5.74) is 2.11. The molecule has 0 atom stereocenters. The van der Waals surface area contributed by atoms with Crippen LogP contribution in [-0.2, 0) is 14.8 Å². The average molecular weight is 474 g/mol. The van der Waals surface area contributed by atoms with Crippen LogP contribution >= 0.6 is 0 Å². The molecule has 0 bridgehead atoms. The van der Waals surface area contributed by atoms with Gasteiger partial charge in [0.1, 0.15) is 10.6 Å². The molecule has 1 saturated heterocycles. The van der Waals surface area contributed by atoms with E-state index in [9.17, 15) is 18.0 Å². The highest BCUT2D eigenvalue weighted by molar-refractivity contribution is 7.89. The summed E-state index contributed by atoms with van der Waals surface area (Å²) in [5.74, 6) is -0.377. The zero-order valence-corrected chi connectivity index (χ0v) is 20.1. The number of carbonyl (C=O) groups excluding carboxylic acids is 2. The van der Waals surface area contributed by atoms with Gasteiger partial charge in [-0.2, -0.15) is 4.31 Å². The Morgan fingerprint density at radius 3 is 2.33 bits per heavy atom. The molecule has 0 saturated carbocycles. The monoisotopic (exact) mass is 473 g/mol. The van der Waals surface area contributed by atoms with Gasteiger partial charge in [0.15, 0.2) is 0 Å². The van der Waals surface area contributed by atoms with Gasteiger partial charge in [0.25, 0.3) is 5.91 Å². The standard InChI is InChI=1S/C24H31N3O5S/c1-4-23(28)25-19-11-9-17(2)20(16-19)26-24(29)18-10-12-21(32-3)22(15-18)33(30,31)27-13-7-5-6-8-14-27/h9-12,15-16H,4-8,13-14H2,1-3H3,(H,25,28)(H,26,29). The van der Waals surface area contributed by atoms with Crippen LogP contribution in [0.2, 0.25) is 0 Å². The largest absolute Gasteiger partial charge is 0.495 e. The van der Waals surface area contributed by atoms with Crippen molar-refractivity contribution in [3.63, 3.8) is 0 Å². The lowest BCUT2D eigenvalue weighted by Gasteiger charge is -2.21. The lowest BCUT2D eigenvalue weighted by Crippen LogP contribution is -2.32. The summed E-state index contributed by atoms with van der Waals surface area (Å²) in [4.78, 5) is 24.7. The third-order valence-corrected chi connectivity index (χ3v) is 7.62. The third kappa shape index (κ3) is 5.91. The second-order valence-electron chi connectivity index (χ2n) is 8.07. The maximum absolute atomic E-state index is 13.4. The van der Waals surface area contributed by atoms with E-state index in [-0.39, 0.29) is 22.1 Å².